The van der Waals surface area contributed by atoms with Gasteiger partial charge in [0.1, 0.15) is 0 Å². The zero-order chi connectivity index (χ0) is 15.2. The molecule has 6 heteroatoms. The minimum Gasteiger partial charge on any atom is -0.481 e. The fourth-order valence-corrected chi connectivity index (χ4v) is 2.55. The Morgan fingerprint density at radius 3 is 2.81 bits per heavy atom. The molecule has 0 aliphatic carbocycles. The van der Waals surface area contributed by atoms with E-state index in [1.165, 1.54) is 0 Å². The van der Waals surface area contributed by atoms with E-state index >= 15 is 0 Å². The van der Waals surface area contributed by atoms with Gasteiger partial charge in [-0.05, 0) is 31.1 Å². The third-order valence-electron chi connectivity index (χ3n) is 3.66. The summed E-state index contributed by atoms with van der Waals surface area (Å²) in [6.45, 7) is 2.08. The number of carbonyl (C=O) groups excluding carboxylic acids is 1. The zero-order valence-electron chi connectivity index (χ0n) is 12.1. The summed E-state index contributed by atoms with van der Waals surface area (Å²) in [6, 6.07) is 7.21. The van der Waals surface area contributed by atoms with Gasteiger partial charge in [-0.2, -0.15) is 0 Å². The van der Waals surface area contributed by atoms with Crippen LogP contribution in [-0.4, -0.2) is 48.7 Å². The Hall–Kier alpha value is -2.08. The summed E-state index contributed by atoms with van der Waals surface area (Å²) in [7, 11) is 1.86. The molecule has 0 bridgehead atoms. The van der Waals surface area contributed by atoms with E-state index in [4.69, 9.17) is 0 Å². The molecule has 114 valence electrons. The Morgan fingerprint density at radius 2 is 2.10 bits per heavy atom. The number of urea groups is 1. The molecule has 0 aromatic heterocycles. The number of amides is 2. The van der Waals surface area contributed by atoms with E-state index in [2.05, 4.69) is 10.6 Å². The van der Waals surface area contributed by atoms with E-state index in [1.54, 1.807) is 4.90 Å². The lowest BCUT2D eigenvalue weighted by atomic mass is 9.90. The van der Waals surface area contributed by atoms with Crippen LogP contribution in [0.5, 0.6) is 0 Å². The molecule has 0 spiro atoms. The second kappa shape index (κ2) is 7.08. The van der Waals surface area contributed by atoms with Crippen LogP contribution in [0.1, 0.15) is 23.5 Å². The first-order valence-corrected chi connectivity index (χ1v) is 7.11. The summed E-state index contributed by atoms with van der Waals surface area (Å²) in [5.74, 6) is -1.55. The van der Waals surface area contributed by atoms with Gasteiger partial charge >= 0.3 is 12.0 Å². The number of benzene rings is 1. The number of hydrogen-bond acceptors (Lipinski definition) is 3. The molecule has 3 N–H and O–H groups in total. The number of nitrogens with zero attached hydrogens (tertiary/aromatic N) is 1. The second-order valence-electron chi connectivity index (χ2n) is 5.16. The third-order valence-corrected chi connectivity index (χ3v) is 3.66. The number of aliphatic carboxylic acids is 1. The molecule has 1 aromatic carbocycles. The van der Waals surface area contributed by atoms with Gasteiger partial charge in [0.05, 0.1) is 5.92 Å². The molecule has 2 rings (SSSR count). The maximum absolute atomic E-state index is 12.1. The van der Waals surface area contributed by atoms with Crippen molar-refractivity contribution < 1.29 is 14.7 Å². The Bertz CT molecular complexity index is 519. The Morgan fingerprint density at radius 1 is 1.33 bits per heavy atom. The predicted octanol–water partition coefficient (Wildman–Crippen LogP) is 0.989. The van der Waals surface area contributed by atoms with Crippen LogP contribution in [0.25, 0.3) is 0 Å². The molecule has 0 saturated heterocycles. The van der Waals surface area contributed by atoms with E-state index in [0.717, 1.165) is 24.1 Å². The van der Waals surface area contributed by atoms with Crippen molar-refractivity contribution in [3.63, 3.8) is 0 Å². The van der Waals surface area contributed by atoms with Gasteiger partial charge in [0.15, 0.2) is 0 Å². The quantitative estimate of drug-likeness (QED) is 0.707. The summed E-state index contributed by atoms with van der Waals surface area (Å²) >= 11 is 0. The summed E-state index contributed by atoms with van der Waals surface area (Å²) in [5, 5.41) is 15.2. The molecule has 1 atom stereocenters. The monoisotopic (exact) mass is 291 g/mol. The van der Waals surface area contributed by atoms with Crippen molar-refractivity contribution in [1.29, 1.82) is 0 Å². The van der Waals surface area contributed by atoms with Crippen LogP contribution >= 0.6 is 0 Å². The van der Waals surface area contributed by atoms with Crippen molar-refractivity contribution in [1.82, 2.24) is 15.5 Å². The average molecular weight is 291 g/mol. The lowest BCUT2D eigenvalue weighted by molar-refractivity contribution is -0.139. The van der Waals surface area contributed by atoms with E-state index in [1.807, 2.05) is 31.3 Å². The van der Waals surface area contributed by atoms with Crippen molar-refractivity contribution in [3.8, 4) is 0 Å². The van der Waals surface area contributed by atoms with Crippen molar-refractivity contribution in [2.45, 2.75) is 18.9 Å². The predicted molar refractivity (Wildman–Crippen MR) is 79.2 cm³/mol. The van der Waals surface area contributed by atoms with E-state index in [-0.39, 0.29) is 12.6 Å². The van der Waals surface area contributed by atoms with Crippen LogP contribution in [0.3, 0.4) is 0 Å². The molecular formula is C15H21N3O3. The van der Waals surface area contributed by atoms with E-state index in [0.29, 0.717) is 13.1 Å². The number of carbonyl (C=O) groups is 2. The summed E-state index contributed by atoms with van der Waals surface area (Å²) in [4.78, 5) is 25.1. The fourth-order valence-electron chi connectivity index (χ4n) is 2.55. The maximum Gasteiger partial charge on any atom is 0.317 e. The standard InChI is InChI=1S/C15H21N3O3/c1-16-7-4-8-17-15(21)18-9-11-5-2-3-6-12(11)13(10-18)14(19)20/h2-3,5-6,13,16H,4,7-10H2,1H3,(H,17,21)(H,19,20). The number of nitrogens with one attached hydrogen (secondary N) is 2. The number of fused-ring (bicyclic) bond motifs is 1. The highest BCUT2D eigenvalue weighted by Crippen LogP contribution is 2.28. The highest BCUT2D eigenvalue weighted by atomic mass is 16.4. The number of rotatable bonds is 5. The van der Waals surface area contributed by atoms with Crippen molar-refractivity contribution in [2.75, 3.05) is 26.7 Å². The second-order valence-corrected chi connectivity index (χ2v) is 5.16. The summed E-state index contributed by atoms with van der Waals surface area (Å²) < 4.78 is 0. The van der Waals surface area contributed by atoms with Crippen LogP contribution < -0.4 is 10.6 Å². The van der Waals surface area contributed by atoms with Gasteiger partial charge in [-0.15, -0.1) is 0 Å². The molecule has 1 aromatic rings. The van der Waals surface area contributed by atoms with Gasteiger partial charge in [-0.3, -0.25) is 4.79 Å². The van der Waals surface area contributed by atoms with Gasteiger partial charge in [-0.25, -0.2) is 4.79 Å². The maximum atomic E-state index is 12.1. The normalized spacial score (nSPS) is 17.2. The fraction of sp³-hybridized carbons (Fsp3) is 0.467. The smallest absolute Gasteiger partial charge is 0.317 e. The van der Waals surface area contributed by atoms with Crippen LogP contribution in [0.2, 0.25) is 0 Å². The largest absolute Gasteiger partial charge is 0.481 e. The Balaban J connectivity index is 2.03. The van der Waals surface area contributed by atoms with Crippen LogP contribution in [-0.2, 0) is 11.3 Å². The van der Waals surface area contributed by atoms with E-state index in [9.17, 15) is 14.7 Å². The minimum atomic E-state index is -0.893. The first kappa shape index (κ1) is 15.3. The SMILES string of the molecule is CNCCCNC(=O)N1Cc2ccccc2C(C(=O)O)C1. The highest BCUT2D eigenvalue weighted by molar-refractivity contribution is 5.80. The lowest BCUT2D eigenvalue weighted by Crippen LogP contribution is -2.46. The van der Waals surface area contributed by atoms with Gasteiger partial charge < -0.3 is 20.6 Å². The summed E-state index contributed by atoms with van der Waals surface area (Å²) in [5.41, 5.74) is 1.71. The van der Waals surface area contributed by atoms with Gasteiger partial charge in [-0.1, -0.05) is 24.3 Å². The van der Waals surface area contributed by atoms with Crippen molar-refractivity contribution in [3.05, 3.63) is 35.4 Å². The van der Waals surface area contributed by atoms with Gasteiger partial charge in [0.25, 0.3) is 0 Å². The number of carboxylic acid groups (broad SMARTS) is 1. The Labute approximate surface area is 124 Å². The third kappa shape index (κ3) is 3.72. The number of hydrogen-bond donors (Lipinski definition) is 3. The molecule has 1 heterocycles. The molecule has 0 fully saturated rings. The van der Waals surface area contributed by atoms with Gasteiger partial charge in [0.2, 0.25) is 0 Å². The first-order valence-electron chi connectivity index (χ1n) is 7.11. The molecule has 1 aliphatic rings. The van der Waals surface area contributed by atoms with Crippen molar-refractivity contribution >= 4 is 12.0 Å². The van der Waals surface area contributed by atoms with Crippen LogP contribution in [0.4, 0.5) is 4.79 Å². The molecule has 0 saturated carbocycles. The molecule has 1 unspecified atom stereocenters. The molecule has 2 amide bonds. The minimum absolute atomic E-state index is 0.202. The molecule has 1 aliphatic heterocycles. The summed E-state index contributed by atoms with van der Waals surface area (Å²) in [6.07, 6.45) is 0.842. The zero-order valence-corrected chi connectivity index (χ0v) is 12.1. The van der Waals surface area contributed by atoms with Gasteiger partial charge in [0, 0.05) is 19.6 Å². The van der Waals surface area contributed by atoms with E-state index < -0.39 is 11.9 Å². The molecular weight excluding hydrogens is 270 g/mol. The average Bonchev–Trinajstić information content (AvgIpc) is 2.50. The Kier molecular flexibility index (Phi) is 5.16. The lowest BCUT2D eigenvalue weighted by Gasteiger charge is -2.32. The topological polar surface area (TPSA) is 81.7 Å². The molecule has 6 nitrogen and oxygen atoms in total. The highest BCUT2D eigenvalue weighted by Gasteiger charge is 2.32. The first-order chi connectivity index (χ1) is 10.1. The van der Waals surface area contributed by atoms with Crippen LogP contribution in [0, 0.1) is 0 Å². The van der Waals surface area contributed by atoms with Crippen LogP contribution in [0.15, 0.2) is 24.3 Å². The number of carboxylic acids is 1. The van der Waals surface area contributed by atoms with Crippen molar-refractivity contribution in [2.24, 2.45) is 0 Å². The molecule has 0 radical (unpaired) electrons. The molecule has 21 heavy (non-hydrogen) atoms.